The smallest absolute Gasteiger partial charge is 0.323 e. The molecule has 0 radical (unpaired) electrons. The van der Waals surface area contributed by atoms with Crippen LogP contribution < -0.4 is 20.1 Å². The van der Waals surface area contributed by atoms with Gasteiger partial charge in [0.2, 0.25) is 0 Å². The number of hydrogen-bond donors (Lipinski definition) is 2. The van der Waals surface area contributed by atoms with Crippen molar-refractivity contribution in [3.63, 3.8) is 0 Å². The standard InChI is InChI=1S/C34H35N3O5/c1-2-40-33(38)32-21-28(36-34(39)35-27-15-19-31(20-16-27)42-30-11-7-4-8-12-30)23-37(32)22-25-13-17-29(18-14-25)41-24-26-9-5-3-6-10-26/h3-20,28,32H,2,21-24H2,1H3,(H2,35,36,39)/t28-,32-/m0/s1. The maximum Gasteiger partial charge on any atom is 0.323 e. The maximum absolute atomic E-state index is 12.8. The number of carbonyl (C=O) groups excluding carboxylic acids is 2. The number of urea groups is 1. The molecule has 4 aromatic carbocycles. The first-order valence-electron chi connectivity index (χ1n) is 14.1. The zero-order chi connectivity index (χ0) is 29.1. The molecule has 4 aromatic rings. The fourth-order valence-electron chi connectivity index (χ4n) is 4.92. The summed E-state index contributed by atoms with van der Waals surface area (Å²) in [6, 6.07) is 33.6. The Balaban J connectivity index is 1.14. The number of anilines is 1. The SMILES string of the molecule is CCOC(=O)[C@@H]1C[C@H](NC(=O)Nc2ccc(Oc3ccccc3)cc2)CN1Cc1ccc(OCc2ccccc2)cc1. The zero-order valence-corrected chi connectivity index (χ0v) is 23.6. The topological polar surface area (TPSA) is 89.1 Å². The molecule has 2 atom stereocenters. The summed E-state index contributed by atoms with van der Waals surface area (Å²) in [5.41, 5.74) is 2.78. The summed E-state index contributed by atoms with van der Waals surface area (Å²) in [4.78, 5) is 27.6. The lowest BCUT2D eigenvalue weighted by atomic mass is 10.1. The number of esters is 1. The number of rotatable bonds is 11. The lowest BCUT2D eigenvalue weighted by Crippen LogP contribution is -2.39. The van der Waals surface area contributed by atoms with Gasteiger partial charge in [-0.05, 0) is 73.0 Å². The Morgan fingerprint density at radius 1 is 0.786 bits per heavy atom. The first-order valence-corrected chi connectivity index (χ1v) is 14.1. The van der Waals surface area contributed by atoms with Crippen LogP contribution in [0, 0.1) is 0 Å². The van der Waals surface area contributed by atoms with E-state index in [-0.39, 0.29) is 18.0 Å². The van der Waals surface area contributed by atoms with Gasteiger partial charge < -0.3 is 24.8 Å². The van der Waals surface area contributed by atoms with Crippen LogP contribution in [0.2, 0.25) is 0 Å². The molecule has 5 rings (SSSR count). The van der Waals surface area contributed by atoms with Gasteiger partial charge in [-0.1, -0.05) is 60.7 Å². The van der Waals surface area contributed by atoms with Gasteiger partial charge >= 0.3 is 12.0 Å². The Labute approximate surface area is 246 Å². The number of amides is 2. The summed E-state index contributed by atoms with van der Waals surface area (Å²) in [5.74, 6) is 1.91. The third-order valence-electron chi connectivity index (χ3n) is 6.95. The van der Waals surface area contributed by atoms with Crippen LogP contribution in [0.3, 0.4) is 0 Å². The fraction of sp³-hybridized carbons (Fsp3) is 0.235. The van der Waals surface area contributed by atoms with E-state index in [9.17, 15) is 9.59 Å². The van der Waals surface area contributed by atoms with E-state index < -0.39 is 6.04 Å². The van der Waals surface area contributed by atoms with Gasteiger partial charge in [0.05, 0.1) is 6.61 Å². The molecule has 8 nitrogen and oxygen atoms in total. The predicted molar refractivity (Wildman–Crippen MR) is 162 cm³/mol. The first kappa shape index (κ1) is 28.7. The second-order valence-electron chi connectivity index (χ2n) is 10.1. The average Bonchev–Trinajstić information content (AvgIpc) is 3.40. The summed E-state index contributed by atoms with van der Waals surface area (Å²) in [6.45, 7) is 3.67. The van der Waals surface area contributed by atoms with Gasteiger partial charge in [0.1, 0.15) is 29.9 Å². The van der Waals surface area contributed by atoms with E-state index in [4.69, 9.17) is 14.2 Å². The number of benzene rings is 4. The highest BCUT2D eigenvalue weighted by molar-refractivity contribution is 5.89. The van der Waals surface area contributed by atoms with Gasteiger partial charge in [-0.2, -0.15) is 0 Å². The Morgan fingerprint density at radius 2 is 1.43 bits per heavy atom. The molecule has 1 heterocycles. The minimum Gasteiger partial charge on any atom is -0.489 e. The van der Waals surface area contributed by atoms with Crippen LogP contribution in [-0.4, -0.2) is 42.1 Å². The third kappa shape index (κ3) is 8.11. The summed E-state index contributed by atoms with van der Waals surface area (Å²) in [7, 11) is 0. The van der Waals surface area contributed by atoms with Gasteiger partial charge in [0, 0.05) is 24.8 Å². The van der Waals surface area contributed by atoms with Crippen molar-refractivity contribution < 1.29 is 23.8 Å². The van der Waals surface area contributed by atoms with E-state index in [1.54, 1.807) is 31.2 Å². The average molecular weight is 566 g/mol. The van der Waals surface area contributed by atoms with Crippen molar-refractivity contribution in [3.05, 3.63) is 120 Å². The van der Waals surface area contributed by atoms with Crippen molar-refractivity contribution in [2.24, 2.45) is 0 Å². The molecule has 1 aliphatic heterocycles. The summed E-state index contributed by atoms with van der Waals surface area (Å²) < 4.78 is 17.1. The molecule has 2 amide bonds. The second-order valence-corrected chi connectivity index (χ2v) is 10.1. The summed E-state index contributed by atoms with van der Waals surface area (Å²) in [5, 5.41) is 5.88. The molecule has 0 aromatic heterocycles. The van der Waals surface area contributed by atoms with E-state index in [1.165, 1.54) is 0 Å². The van der Waals surface area contributed by atoms with E-state index in [1.807, 2.05) is 84.9 Å². The third-order valence-corrected chi connectivity index (χ3v) is 6.95. The van der Waals surface area contributed by atoms with Crippen molar-refractivity contribution in [1.29, 1.82) is 0 Å². The van der Waals surface area contributed by atoms with Crippen molar-refractivity contribution >= 4 is 17.7 Å². The molecule has 1 fully saturated rings. The molecule has 0 spiro atoms. The Hall–Kier alpha value is -4.82. The molecule has 216 valence electrons. The van der Waals surface area contributed by atoms with Gasteiger partial charge in [0.25, 0.3) is 0 Å². The van der Waals surface area contributed by atoms with Crippen LogP contribution in [0.4, 0.5) is 10.5 Å². The molecule has 1 aliphatic rings. The number of carbonyl (C=O) groups is 2. The van der Waals surface area contributed by atoms with Crippen molar-refractivity contribution in [2.45, 2.75) is 38.6 Å². The molecule has 42 heavy (non-hydrogen) atoms. The minimum absolute atomic E-state index is 0.214. The van der Waals surface area contributed by atoms with Crippen molar-refractivity contribution in [1.82, 2.24) is 10.2 Å². The van der Waals surface area contributed by atoms with E-state index in [2.05, 4.69) is 15.5 Å². The predicted octanol–water partition coefficient (Wildman–Crippen LogP) is 6.39. The van der Waals surface area contributed by atoms with Crippen LogP contribution in [0.1, 0.15) is 24.5 Å². The highest BCUT2D eigenvalue weighted by Gasteiger charge is 2.38. The van der Waals surface area contributed by atoms with Crippen molar-refractivity contribution in [3.8, 4) is 17.2 Å². The summed E-state index contributed by atoms with van der Waals surface area (Å²) in [6.07, 6.45) is 0.467. The zero-order valence-electron chi connectivity index (χ0n) is 23.6. The Bertz CT molecular complexity index is 1430. The molecule has 1 saturated heterocycles. The second kappa shape index (κ2) is 14.2. The maximum atomic E-state index is 12.8. The summed E-state index contributed by atoms with van der Waals surface area (Å²) >= 11 is 0. The Morgan fingerprint density at radius 3 is 2.12 bits per heavy atom. The van der Waals surface area contributed by atoms with Gasteiger partial charge in [-0.15, -0.1) is 0 Å². The number of ether oxygens (including phenoxy) is 3. The number of hydrogen-bond acceptors (Lipinski definition) is 6. The van der Waals surface area contributed by atoms with Gasteiger partial charge in [-0.25, -0.2) is 4.79 Å². The molecule has 2 N–H and O–H groups in total. The highest BCUT2D eigenvalue weighted by Crippen LogP contribution is 2.25. The fourth-order valence-corrected chi connectivity index (χ4v) is 4.92. The molecule has 0 aliphatic carbocycles. The molecule has 0 bridgehead atoms. The van der Waals surface area contributed by atoms with Gasteiger partial charge in [0.15, 0.2) is 0 Å². The van der Waals surface area contributed by atoms with Crippen LogP contribution >= 0.6 is 0 Å². The van der Waals surface area contributed by atoms with E-state index >= 15 is 0 Å². The van der Waals surface area contributed by atoms with Crippen LogP contribution in [0.15, 0.2) is 109 Å². The molecule has 0 unspecified atom stereocenters. The minimum atomic E-state index is -0.446. The van der Waals surface area contributed by atoms with Crippen LogP contribution in [0.5, 0.6) is 17.2 Å². The van der Waals surface area contributed by atoms with Gasteiger partial charge in [-0.3, -0.25) is 9.69 Å². The first-order chi connectivity index (χ1) is 20.6. The molecule has 8 heteroatoms. The lowest BCUT2D eigenvalue weighted by molar-refractivity contribution is -0.148. The van der Waals surface area contributed by atoms with E-state index in [0.29, 0.717) is 44.2 Å². The largest absolute Gasteiger partial charge is 0.489 e. The van der Waals surface area contributed by atoms with Crippen molar-refractivity contribution in [2.75, 3.05) is 18.5 Å². The van der Waals surface area contributed by atoms with Crippen LogP contribution in [-0.2, 0) is 22.7 Å². The number of likely N-dealkylation sites (tertiary alicyclic amines) is 1. The number of nitrogens with one attached hydrogen (secondary N) is 2. The number of para-hydroxylation sites is 1. The monoisotopic (exact) mass is 565 g/mol. The highest BCUT2D eigenvalue weighted by atomic mass is 16.5. The quantitative estimate of drug-likeness (QED) is 0.205. The molecular weight excluding hydrogens is 530 g/mol. The van der Waals surface area contributed by atoms with E-state index in [0.717, 1.165) is 22.6 Å². The normalized spacial score (nSPS) is 16.4. The lowest BCUT2D eigenvalue weighted by Gasteiger charge is -2.22. The number of nitrogens with zero attached hydrogens (tertiary/aromatic N) is 1. The molecule has 0 saturated carbocycles. The van der Waals surface area contributed by atoms with Crippen LogP contribution in [0.25, 0.3) is 0 Å². The Kier molecular flexibility index (Phi) is 9.69. The molecular formula is C34H35N3O5.